The van der Waals surface area contributed by atoms with Gasteiger partial charge in [0.1, 0.15) is 0 Å². The number of para-hydroxylation sites is 1. The van der Waals surface area contributed by atoms with Crippen molar-refractivity contribution in [3.8, 4) is 0 Å². The fourth-order valence-electron chi connectivity index (χ4n) is 2.52. The molecule has 0 fully saturated rings. The van der Waals surface area contributed by atoms with E-state index in [1.807, 2.05) is 35.0 Å². The largest absolute Gasteiger partial charge is 0.396 e. The summed E-state index contributed by atoms with van der Waals surface area (Å²) in [5, 5.41) is 14.6. The molecule has 2 aromatic carbocycles. The van der Waals surface area contributed by atoms with Crippen LogP contribution >= 0.6 is 0 Å². The molecule has 4 nitrogen and oxygen atoms in total. The predicted octanol–water partition coefficient (Wildman–Crippen LogP) is 2.98. The Morgan fingerprint density at radius 3 is 2.59 bits per heavy atom. The molecule has 0 bridgehead atoms. The molecule has 0 aliphatic carbocycles. The zero-order valence-corrected chi connectivity index (χ0v) is 12.5. The number of aromatic nitrogens is 2. The van der Waals surface area contributed by atoms with Crippen LogP contribution in [0, 0.1) is 0 Å². The van der Waals surface area contributed by atoms with Gasteiger partial charge in [0, 0.05) is 18.6 Å². The Balaban J connectivity index is 1.84. The minimum Gasteiger partial charge on any atom is -0.396 e. The van der Waals surface area contributed by atoms with Gasteiger partial charge in [-0.15, -0.1) is 0 Å². The van der Waals surface area contributed by atoms with E-state index in [2.05, 4.69) is 24.3 Å². The van der Waals surface area contributed by atoms with Gasteiger partial charge < -0.3 is 9.84 Å². The number of rotatable bonds is 7. The van der Waals surface area contributed by atoms with Crippen LogP contribution in [0.25, 0.3) is 10.9 Å². The molecule has 114 valence electrons. The third-order valence-corrected chi connectivity index (χ3v) is 3.60. The third kappa shape index (κ3) is 3.35. The maximum absolute atomic E-state index is 8.80. The van der Waals surface area contributed by atoms with Crippen molar-refractivity contribution < 1.29 is 9.84 Å². The van der Waals surface area contributed by atoms with E-state index in [9.17, 15) is 0 Å². The summed E-state index contributed by atoms with van der Waals surface area (Å²) in [6.45, 7) is 1.93. The minimum atomic E-state index is 0.156. The highest BCUT2D eigenvalue weighted by atomic mass is 16.5. The van der Waals surface area contributed by atoms with Crippen molar-refractivity contribution in [2.75, 3.05) is 13.2 Å². The van der Waals surface area contributed by atoms with Gasteiger partial charge in [-0.2, -0.15) is 5.10 Å². The van der Waals surface area contributed by atoms with Gasteiger partial charge in [-0.05, 0) is 18.1 Å². The lowest BCUT2D eigenvalue weighted by molar-refractivity contribution is 0.102. The standard InChI is InChI=1S/C18H20N2O2/c21-11-6-12-22-14-17-16-9-4-5-10-18(16)20(19-17)13-15-7-2-1-3-8-15/h1-5,7-10,21H,6,11-14H2. The van der Waals surface area contributed by atoms with Crippen LogP contribution in [0.1, 0.15) is 17.7 Å². The molecule has 0 saturated carbocycles. The number of benzene rings is 2. The summed E-state index contributed by atoms with van der Waals surface area (Å²) in [6, 6.07) is 18.5. The van der Waals surface area contributed by atoms with Crippen LogP contribution in [0.15, 0.2) is 54.6 Å². The molecule has 0 saturated heterocycles. The third-order valence-electron chi connectivity index (χ3n) is 3.60. The molecule has 1 heterocycles. The number of ether oxygens (including phenoxy) is 1. The maximum Gasteiger partial charge on any atom is 0.0960 e. The molecule has 0 radical (unpaired) electrons. The Kier molecular flexibility index (Phi) is 4.83. The molecule has 0 amide bonds. The summed E-state index contributed by atoms with van der Waals surface area (Å²) in [5.41, 5.74) is 3.29. The highest BCUT2D eigenvalue weighted by molar-refractivity contribution is 5.81. The second-order valence-corrected chi connectivity index (χ2v) is 5.24. The number of aliphatic hydroxyl groups is 1. The molecule has 0 aliphatic rings. The van der Waals surface area contributed by atoms with Gasteiger partial charge in [0.05, 0.1) is 24.4 Å². The van der Waals surface area contributed by atoms with E-state index < -0.39 is 0 Å². The Hall–Kier alpha value is -2.17. The monoisotopic (exact) mass is 296 g/mol. The van der Waals surface area contributed by atoms with Gasteiger partial charge in [-0.1, -0.05) is 48.5 Å². The Labute approximate surface area is 130 Å². The van der Waals surface area contributed by atoms with Crippen LogP contribution in [0.4, 0.5) is 0 Å². The van der Waals surface area contributed by atoms with Gasteiger partial charge in [-0.25, -0.2) is 0 Å². The first-order chi connectivity index (χ1) is 10.9. The molecule has 0 spiro atoms. The zero-order chi connectivity index (χ0) is 15.2. The first-order valence-corrected chi connectivity index (χ1v) is 7.55. The van der Waals surface area contributed by atoms with Gasteiger partial charge in [0.15, 0.2) is 0 Å². The minimum absolute atomic E-state index is 0.156. The average molecular weight is 296 g/mol. The number of aliphatic hydroxyl groups excluding tert-OH is 1. The predicted molar refractivity (Wildman–Crippen MR) is 86.6 cm³/mol. The van der Waals surface area contributed by atoms with Crippen molar-refractivity contribution in [1.29, 1.82) is 0 Å². The highest BCUT2D eigenvalue weighted by Gasteiger charge is 2.10. The lowest BCUT2D eigenvalue weighted by Crippen LogP contribution is -2.03. The molecule has 22 heavy (non-hydrogen) atoms. The molecular formula is C18H20N2O2. The quantitative estimate of drug-likeness (QED) is 0.682. The van der Waals surface area contributed by atoms with Crippen LogP contribution in [0.5, 0.6) is 0 Å². The van der Waals surface area contributed by atoms with Gasteiger partial charge >= 0.3 is 0 Å². The lowest BCUT2D eigenvalue weighted by atomic mass is 10.2. The van der Waals surface area contributed by atoms with Crippen molar-refractivity contribution in [2.24, 2.45) is 0 Å². The molecule has 3 rings (SSSR count). The van der Waals surface area contributed by atoms with Gasteiger partial charge in [0.25, 0.3) is 0 Å². The highest BCUT2D eigenvalue weighted by Crippen LogP contribution is 2.20. The molecule has 1 aromatic heterocycles. The number of nitrogens with zero attached hydrogens (tertiary/aromatic N) is 2. The van der Waals surface area contributed by atoms with Crippen LogP contribution < -0.4 is 0 Å². The van der Waals surface area contributed by atoms with Crippen molar-refractivity contribution in [1.82, 2.24) is 9.78 Å². The summed E-state index contributed by atoms with van der Waals surface area (Å²) in [6.07, 6.45) is 0.655. The molecule has 0 aliphatic heterocycles. The van der Waals surface area contributed by atoms with Crippen molar-refractivity contribution in [3.63, 3.8) is 0 Å². The van der Waals surface area contributed by atoms with Gasteiger partial charge in [0.2, 0.25) is 0 Å². The van der Waals surface area contributed by atoms with E-state index in [1.165, 1.54) is 5.56 Å². The van der Waals surface area contributed by atoms with Gasteiger partial charge in [-0.3, -0.25) is 4.68 Å². The maximum atomic E-state index is 8.80. The van der Waals surface area contributed by atoms with E-state index in [1.54, 1.807) is 0 Å². The van der Waals surface area contributed by atoms with E-state index in [-0.39, 0.29) is 6.61 Å². The average Bonchev–Trinajstić information content (AvgIpc) is 2.91. The second-order valence-electron chi connectivity index (χ2n) is 5.24. The number of hydrogen-bond donors (Lipinski definition) is 1. The SMILES string of the molecule is OCCCOCc1nn(Cc2ccccc2)c2ccccc12. The zero-order valence-electron chi connectivity index (χ0n) is 12.5. The summed E-state index contributed by atoms with van der Waals surface area (Å²) in [5.74, 6) is 0. The Morgan fingerprint density at radius 2 is 1.77 bits per heavy atom. The van der Waals surface area contributed by atoms with E-state index >= 15 is 0 Å². The summed E-state index contributed by atoms with van der Waals surface area (Å²) < 4.78 is 7.62. The molecule has 1 N–H and O–H groups in total. The molecule has 3 aromatic rings. The molecule has 0 unspecified atom stereocenters. The smallest absolute Gasteiger partial charge is 0.0960 e. The normalized spacial score (nSPS) is 11.1. The Bertz CT molecular complexity index is 722. The van der Waals surface area contributed by atoms with E-state index in [0.29, 0.717) is 19.6 Å². The fourth-order valence-corrected chi connectivity index (χ4v) is 2.52. The fraction of sp³-hybridized carbons (Fsp3) is 0.278. The van der Waals surface area contributed by atoms with Crippen LogP contribution in [0.2, 0.25) is 0 Å². The van der Waals surface area contributed by atoms with Crippen LogP contribution in [0.3, 0.4) is 0 Å². The summed E-state index contributed by atoms with van der Waals surface area (Å²) in [4.78, 5) is 0. The Morgan fingerprint density at radius 1 is 1.00 bits per heavy atom. The van der Waals surface area contributed by atoms with Crippen molar-refractivity contribution >= 4 is 10.9 Å². The molecular weight excluding hydrogens is 276 g/mol. The number of fused-ring (bicyclic) bond motifs is 1. The topological polar surface area (TPSA) is 47.3 Å². The number of hydrogen-bond acceptors (Lipinski definition) is 3. The lowest BCUT2D eigenvalue weighted by Gasteiger charge is -2.03. The van der Waals surface area contributed by atoms with Crippen molar-refractivity contribution in [2.45, 2.75) is 19.6 Å². The van der Waals surface area contributed by atoms with E-state index in [0.717, 1.165) is 23.1 Å². The first-order valence-electron chi connectivity index (χ1n) is 7.55. The first kappa shape index (κ1) is 14.8. The summed E-state index contributed by atoms with van der Waals surface area (Å²) in [7, 11) is 0. The van der Waals surface area contributed by atoms with Crippen LogP contribution in [-0.2, 0) is 17.9 Å². The molecule has 4 heteroatoms. The molecule has 0 atom stereocenters. The van der Waals surface area contributed by atoms with Crippen molar-refractivity contribution in [3.05, 3.63) is 65.9 Å². The summed E-state index contributed by atoms with van der Waals surface area (Å²) >= 11 is 0. The van der Waals surface area contributed by atoms with Crippen LogP contribution in [-0.4, -0.2) is 28.1 Å². The van der Waals surface area contributed by atoms with E-state index in [4.69, 9.17) is 14.9 Å². The second kappa shape index (κ2) is 7.20.